The molecule has 0 bridgehead atoms. The molecule has 0 spiro atoms. The van der Waals surface area contributed by atoms with Crippen LogP contribution in [0.15, 0.2) is 40.9 Å². The minimum Gasteiger partial charge on any atom is -0.502 e. The lowest BCUT2D eigenvalue weighted by Crippen LogP contribution is -2.05. The molecule has 8 heteroatoms. The molecule has 150 valence electrons. The fourth-order valence-corrected chi connectivity index (χ4v) is 3.04. The summed E-state index contributed by atoms with van der Waals surface area (Å²) in [5.74, 6) is 1.88. The quantitative estimate of drug-likeness (QED) is 0.209. The molecule has 3 aromatic rings. The minimum absolute atomic E-state index is 0.0232. The number of ether oxygens (including phenoxy) is 2. The molecule has 1 heterocycles. The summed E-state index contributed by atoms with van der Waals surface area (Å²) in [6.45, 7) is 11.8. The third-order valence-electron chi connectivity index (χ3n) is 3.84. The third kappa shape index (κ3) is 5.28. The van der Waals surface area contributed by atoms with Gasteiger partial charge in [0.15, 0.2) is 0 Å². The average Bonchev–Trinajstić information content (AvgIpc) is 3.18. The van der Waals surface area contributed by atoms with Crippen molar-refractivity contribution in [1.29, 1.82) is 0 Å². The first-order valence-corrected chi connectivity index (χ1v) is 10.5. The standard InChI is InChI=1S/C21H19BrClN3O3/c1-13(2)28-19-8-5-14(11-18(19)24-3)21-25-20(26-29-21)16-7-6-15(12-17(16)23)27-10-4-9-22/h5-8,11-13H,4,9-10H2,1-2H3. The largest absolute Gasteiger partial charge is 0.502 e. The Morgan fingerprint density at radius 2 is 2.07 bits per heavy atom. The van der Waals surface area contributed by atoms with Crippen molar-refractivity contribution in [2.24, 2.45) is 0 Å². The van der Waals surface area contributed by atoms with Crippen LogP contribution < -0.4 is 9.47 Å². The van der Waals surface area contributed by atoms with Gasteiger partial charge in [-0.05, 0) is 56.7 Å². The summed E-state index contributed by atoms with van der Waals surface area (Å²) in [5.41, 5.74) is 1.66. The van der Waals surface area contributed by atoms with Crippen molar-refractivity contribution >= 4 is 33.2 Å². The molecule has 3 rings (SSSR count). The van der Waals surface area contributed by atoms with Crippen LogP contribution in [-0.4, -0.2) is 28.2 Å². The number of alkyl halides is 1. The minimum atomic E-state index is -0.0232. The predicted octanol–water partition coefficient (Wildman–Crippen LogP) is 6.56. The first-order chi connectivity index (χ1) is 14.0. The summed E-state index contributed by atoms with van der Waals surface area (Å²) in [6.07, 6.45) is 0.881. The molecule has 0 aliphatic rings. The van der Waals surface area contributed by atoms with E-state index < -0.39 is 0 Å². The van der Waals surface area contributed by atoms with E-state index in [-0.39, 0.29) is 6.10 Å². The molecule has 0 saturated heterocycles. The maximum absolute atomic E-state index is 7.38. The molecule has 0 saturated carbocycles. The Bertz CT molecular complexity index is 1030. The highest BCUT2D eigenvalue weighted by molar-refractivity contribution is 9.09. The first-order valence-electron chi connectivity index (χ1n) is 9.02. The van der Waals surface area contributed by atoms with Crippen molar-refractivity contribution < 1.29 is 14.0 Å². The molecule has 0 N–H and O–H groups in total. The van der Waals surface area contributed by atoms with Crippen LogP contribution >= 0.6 is 27.5 Å². The molecule has 0 amide bonds. The van der Waals surface area contributed by atoms with Gasteiger partial charge < -0.3 is 14.0 Å². The summed E-state index contributed by atoms with van der Waals surface area (Å²) < 4.78 is 16.7. The van der Waals surface area contributed by atoms with Crippen LogP contribution in [0.25, 0.3) is 27.7 Å². The molecular weight excluding hydrogens is 458 g/mol. The van der Waals surface area contributed by atoms with Crippen LogP contribution in [-0.2, 0) is 0 Å². The van der Waals surface area contributed by atoms with Gasteiger partial charge in [0.1, 0.15) is 11.5 Å². The zero-order valence-electron chi connectivity index (χ0n) is 16.0. The van der Waals surface area contributed by atoms with Crippen molar-refractivity contribution in [2.45, 2.75) is 26.4 Å². The number of aromatic nitrogens is 2. The van der Waals surface area contributed by atoms with E-state index in [1.54, 1.807) is 30.3 Å². The summed E-state index contributed by atoms with van der Waals surface area (Å²) in [4.78, 5) is 7.96. The van der Waals surface area contributed by atoms with Gasteiger partial charge >= 0.3 is 0 Å². The lowest BCUT2D eigenvalue weighted by molar-refractivity contribution is 0.244. The number of nitrogens with zero attached hydrogens (tertiary/aromatic N) is 3. The predicted molar refractivity (Wildman–Crippen MR) is 116 cm³/mol. The summed E-state index contributed by atoms with van der Waals surface area (Å²) in [6, 6.07) is 10.5. The normalized spacial score (nSPS) is 10.8. The number of hydrogen-bond acceptors (Lipinski definition) is 5. The molecule has 2 aromatic carbocycles. The maximum Gasteiger partial charge on any atom is 0.256 e. The van der Waals surface area contributed by atoms with Crippen LogP contribution in [0.4, 0.5) is 5.69 Å². The first kappa shape index (κ1) is 21.2. The molecule has 0 radical (unpaired) electrons. The molecule has 0 aliphatic carbocycles. The Hall–Kier alpha value is -2.56. The summed E-state index contributed by atoms with van der Waals surface area (Å²) >= 11 is 9.75. The van der Waals surface area contributed by atoms with Gasteiger partial charge in [0.25, 0.3) is 5.89 Å². The van der Waals surface area contributed by atoms with Crippen LogP contribution in [0.1, 0.15) is 20.3 Å². The highest BCUT2D eigenvalue weighted by Gasteiger charge is 2.16. The molecule has 0 aliphatic heterocycles. The maximum atomic E-state index is 7.38. The Morgan fingerprint density at radius 1 is 1.24 bits per heavy atom. The van der Waals surface area contributed by atoms with Gasteiger partial charge in [-0.1, -0.05) is 32.7 Å². The zero-order chi connectivity index (χ0) is 20.8. The topological polar surface area (TPSA) is 61.7 Å². The molecule has 0 unspecified atom stereocenters. The van der Waals surface area contributed by atoms with E-state index in [2.05, 4.69) is 30.9 Å². The molecule has 29 heavy (non-hydrogen) atoms. The fourth-order valence-electron chi connectivity index (χ4n) is 2.55. The van der Waals surface area contributed by atoms with Gasteiger partial charge in [0.2, 0.25) is 11.5 Å². The van der Waals surface area contributed by atoms with E-state index in [4.69, 9.17) is 32.2 Å². The monoisotopic (exact) mass is 475 g/mol. The van der Waals surface area contributed by atoms with Crippen LogP contribution in [0, 0.1) is 6.57 Å². The van der Waals surface area contributed by atoms with E-state index in [1.165, 1.54) is 0 Å². The zero-order valence-corrected chi connectivity index (χ0v) is 18.3. The van der Waals surface area contributed by atoms with Crippen LogP contribution in [0.5, 0.6) is 11.5 Å². The van der Waals surface area contributed by atoms with Gasteiger partial charge in [0, 0.05) is 16.5 Å². The van der Waals surface area contributed by atoms with E-state index in [1.807, 2.05) is 19.9 Å². The molecule has 1 aromatic heterocycles. The number of benzene rings is 2. The van der Waals surface area contributed by atoms with E-state index in [9.17, 15) is 0 Å². The molecule has 6 nitrogen and oxygen atoms in total. The van der Waals surface area contributed by atoms with Gasteiger partial charge in [0.05, 0.1) is 24.3 Å². The van der Waals surface area contributed by atoms with E-state index >= 15 is 0 Å². The van der Waals surface area contributed by atoms with Crippen molar-refractivity contribution in [3.05, 3.63) is 52.8 Å². The Morgan fingerprint density at radius 3 is 2.76 bits per heavy atom. The second-order valence-electron chi connectivity index (χ2n) is 6.42. The fraction of sp³-hybridized carbons (Fsp3) is 0.286. The Labute approximate surface area is 182 Å². The highest BCUT2D eigenvalue weighted by atomic mass is 79.9. The number of hydrogen-bond donors (Lipinski definition) is 0. The van der Waals surface area contributed by atoms with Crippen molar-refractivity contribution in [2.75, 3.05) is 11.9 Å². The Kier molecular flexibility index (Phi) is 7.13. The van der Waals surface area contributed by atoms with E-state index in [0.717, 1.165) is 11.8 Å². The highest BCUT2D eigenvalue weighted by Crippen LogP contribution is 2.35. The molecular formula is C21H19BrClN3O3. The third-order valence-corrected chi connectivity index (χ3v) is 4.72. The second kappa shape index (κ2) is 9.77. The Balaban J connectivity index is 1.83. The lowest BCUT2D eigenvalue weighted by Gasteiger charge is -2.11. The van der Waals surface area contributed by atoms with Crippen molar-refractivity contribution in [1.82, 2.24) is 10.1 Å². The van der Waals surface area contributed by atoms with Gasteiger partial charge in [-0.15, -0.1) is 0 Å². The summed E-state index contributed by atoms with van der Waals surface area (Å²) in [7, 11) is 0. The average molecular weight is 477 g/mol. The number of halogens is 2. The van der Waals surface area contributed by atoms with Crippen LogP contribution in [0.2, 0.25) is 5.02 Å². The molecule has 0 fully saturated rings. The van der Waals surface area contributed by atoms with Gasteiger partial charge in [-0.2, -0.15) is 4.98 Å². The molecule has 0 atom stereocenters. The summed E-state index contributed by atoms with van der Waals surface area (Å²) in [5, 5.41) is 5.38. The van der Waals surface area contributed by atoms with Crippen molar-refractivity contribution in [3.63, 3.8) is 0 Å². The lowest BCUT2D eigenvalue weighted by atomic mass is 10.1. The smallest absolute Gasteiger partial charge is 0.256 e. The van der Waals surface area contributed by atoms with Crippen LogP contribution in [0.3, 0.4) is 0 Å². The van der Waals surface area contributed by atoms with Crippen molar-refractivity contribution in [3.8, 4) is 34.3 Å². The van der Waals surface area contributed by atoms with Gasteiger partial charge in [-0.3, -0.25) is 0 Å². The second-order valence-corrected chi connectivity index (χ2v) is 7.62. The van der Waals surface area contributed by atoms with Gasteiger partial charge in [-0.25, -0.2) is 4.85 Å². The van der Waals surface area contributed by atoms with E-state index in [0.29, 0.717) is 51.7 Å². The SMILES string of the molecule is [C-]#[N+]c1cc(-c2nc(-c3ccc(OCCCBr)cc3Cl)no2)ccc1OC(C)C. The number of rotatable bonds is 8.